The van der Waals surface area contributed by atoms with E-state index in [2.05, 4.69) is 10.6 Å². The van der Waals surface area contributed by atoms with Gasteiger partial charge in [0.2, 0.25) is 5.91 Å². The van der Waals surface area contributed by atoms with E-state index in [9.17, 15) is 18.0 Å². The van der Waals surface area contributed by atoms with E-state index in [4.69, 9.17) is 0 Å². The van der Waals surface area contributed by atoms with Crippen LogP contribution in [0.5, 0.6) is 0 Å². The van der Waals surface area contributed by atoms with Crippen LogP contribution >= 0.6 is 0 Å². The average Bonchev–Trinajstić information content (AvgIpc) is 3.13. The molecular weight excluding hydrogens is 245 g/mol. The van der Waals surface area contributed by atoms with E-state index in [1.807, 2.05) is 0 Å². The number of amides is 1. The van der Waals surface area contributed by atoms with Gasteiger partial charge in [0.1, 0.15) is 5.82 Å². The largest absolute Gasteiger partial charge is 0.374 e. The highest BCUT2D eigenvalue weighted by Gasteiger charge is 2.21. The van der Waals surface area contributed by atoms with Crippen LogP contribution in [0, 0.1) is 23.4 Å². The smallest absolute Gasteiger partial charge is 0.239 e. The second-order valence-electron chi connectivity index (χ2n) is 4.35. The maximum Gasteiger partial charge on any atom is 0.239 e. The molecule has 0 aromatic heterocycles. The van der Waals surface area contributed by atoms with Gasteiger partial charge in [0, 0.05) is 18.7 Å². The van der Waals surface area contributed by atoms with Crippen molar-refractivity contribution in [2.45, 2.75) is 12.8 Å². The van der Waals surface area contributed by atoms with Gasteiger partial charge in [0.25, 0.3) is 0 Å². The third-order valence-corrected chi connectivity index (χ3v) is 2.73. The summed E-state index contributed by atoms with van der Waals surface area (Å²) in [5.74, 6) is -3.09. The van der Waals surface area contributed by atoms with E-state index in [1.54, 1.807) is 0 Å². The first-order valence-corrected chi connectivity index (χ1v) is 5.71. The lowest BCUT2D eigenvalue weighted by Gasteiger charge is -2.08. The molecule has 1 saturated carbocycles. The molecule has 0 radical (unpaired) electrons. The Balaban J connectivity index is 1.84. The maximum atomic E-state index is 13.2. The molecule has 2 N–H and O–H groups in total. The Morgan fingerprint density at radius 2 is 1.83 bits per heavy atom. The van der Waals surface area contributed by atoms with E-state index >= 15 is 0 Å². The van der Waals surface area contributed by atoms with E-state index in [1.165, 1.54) is 0 Å². The fourth-order valence-electron chi connectivity index (χ4n) is 1.48. The minimum absolute atomic E-state index is 0.172. The van der Waals surface area contributed by atoms with Crippen LogP contribution in [0.2, 0.25) is 0 Å². The predicted molar refractivity (Wildman–Crippen MR) is 60.5 cm³/mol. The minimum Gasteiger partial charge on any atom is -0.374 e. The number of nitrogens with one attached hydrogen (secondary N) is 2. The van der Waals surface area contributed by atoms with E-state index in [-0.39, 0.29) is 18.1 Å². The van der Waals surface area contributed by atoms with Crippen LogP contribution < -0.4 is 10.6 Å². The van der Waals surface area contributed by atoms with Crippen molar-refractivity contribution in [3.8, 4) is 0 Å². The Morgan fingerprint density at radius 1 is 1.17 bits per heavy atom. The highest BCUT2D eigenvalue weighted by Crippen LogP contribution is 2.27. The molecule has 0 unspecified atom stereocenters. The number of hydrogen-bond donors (Lipinski definition) is 2. The average molecular weight is 258 g/mol. The van der Waals surface area contributed by atoms with Crippen LogP contribution in [0.1, 0.15) is 12.8 Å². The third kappa shape index (κ3) is 3.38. The van der Waals surface area contributed by atoms with Gasteiger partial charge in [-0.1, -0.05) is 0 Å². The highest BCUT2D eigenvalue weighted by atomic mass is 19.2. The molecule has 0 bridgehead atoms. The third-order valence-electron chi connectivity index (χ3n) is 2.73. The molecule has 1 aliphatic carbocycles. The molecule has 0 spiro atoms. The number of carbonyl (C=O) groups excluding carboxylic acids is 1. The number of anilines is 1. The van der Waals surface area contributed by atoms with Crippen LogP contribution in [0.15, 0.2) is 12.1 Å². The molecule has 0 aliphatic heterocycles. The summed E-state index contributed by atoms with van der Waals surface area (Å²) in [5.41, 5.74) is -0.226. The summed E-state index contributed by atoms with van der Waals surface area (Å²) in [5, 5.41) is 5.10. The second kappa shape index (κ2) is 5.29. The highest BCUT2D eigenvalue weighted by molar-refractivity contribution is 5.80. The molecule has 0 saturated heterocycles. The zero-order valence-corrected chi connectivity index (χ0v) is 9.60. The monoisotopic (exact) mass is 258 g/mol. The lowest BCUT2D eigenvalue weighted by atomic mass is 10.3. The van der Waals surface area contributed by atoms with Gasteiger partial charge in [-0.05, 0) is 18.8 Å². The Morgan fingerprint density at radius 3 is 2.50 bits per heavy atom. The molecular formula is C12H13F3N2O. The van der Waals surface area contributed by atoms with Crippen molar-refractivity contribution in [1.29, 1.82) is 0 Å². The Bertz CT molecular complexity index is 461. The van der Waals surface area contributed by atoms with E-state index in [0.717, 1.165) is 12.8 Å². The van der Waals surface area contributed by atoms with Crippen LogP contribution in [-0.2, 0) is 4.79 Å². The fourth-order valence-corrected chi connectivity index (χ4v) is 1.48. The second-order valence-corrected chi connectivity index (χ2v) is 4.35. The van der Waals surface area contributed by atoms with Crippen molar-refractivity contribution in [3.05, 3.63) is 29.6 Å². The van der Waals surface area contributed by atoms with Crippen molar-refractivity contribution < 1.29 is 18.0 Å². The summed E-state index contributed by atoms with van der Waals surface area (Å²) >= 11 is 0. The van der Waals surface area contributed by atoms with Gasteiger partial charge < -0.3 is 10.6 Å². The van der Waals surface area contributed by atoms with Gasteiger partial charge >= 0.3 is 0 Å². The van der Waals surface area contributed by atoms with E-state index in [0.29, 0.717) is 24.6 Å². The molecule has 0 atom stereocenters. The first kappa shape index (κ1) is 12.7. The number of halogens is 3. The Kier molecular flexibility index (Phi) is 3.74. The minimum atomic E-state index is -1.25. The van der Waals surface area contributed by atoms with Gasteiger partial charge in [-0.2, -0.15) is 0 Å². The van der Waals surface area contributed by atoms with Gasteiger partial charge in [-0.3, -0.25) is 4.79 Å². The molecule has 1 aromatic carbocycles. The Hall–Kier alpha value is -1.72. The van der Waals surface area contributed by atoms with Crippen molar-refractivity contribution in [1.82, 2.24) is 5.32 Å². The van der Waals surface area contributed by atoms with Gasteiger partial charge in [-0.15, -0.1) is 0 Å². The van der Waals surface area contributed by atoms with Gasteiger partial charge in [-0.25, -0.2) is 13.2 Å². The van der Waals surface area contributed by atoms with Crippen molar-refractivity contribution in [2.24, 2.45) is 5.92 Å². The SMILES string of the molecule is O=C(CNc1cc(F)c(F)cc1F)NCC1CC1. The van der Waals surface area contributed by atoms with Gasteiger partial charge in [0.15, 0.2) is 11.6 Å². The first-order valence-electron chi connectivity index (χ1n) is 5.71. The summed E-state index contributed by atoms with van der Waals surface area (Å²) in [7, 11) is 0. The summed E-state index contributed by atoms with van der Waals surface area (Å²) in [4.78, 5) is 11.3. The molecule has 1 fully saturated rings. The summed E-state index contributed by atoms with van der Waals surface area (Å²) < 4.78 is 38.7. The van der Waals surface area contributed by atoms with Crippen LogP contribution in [0.25, 0.3) is 0 Å². The van der Waals surface area contributed by atoms with Gasteiger partial charge in [0.05, 0.1) is 12.2 Å². The number of carbonyl (C=O) groups is 1. The van der Waals surface area contributed by atoms with Crippen LogP contribution in [0.3, 0.4) is 0 Å². The first-order chi connectivity index (χ1) is 8.56. The quantitative estimate of drug-likeness (QED) is 0.793. The standard InChI is InChI=1S/C12H13F3N2O/c13-8-3-10(15)11(4-9(8)14)16-6-12(18)17-5-7-1-2-7/h3-4,7,16H,1-2,5-6H2,(H,17,18). The molecule has 0 heterocycles. The van der Waals surface area contributed by atoms with E-state index < -0.39 is 17.5 Å². The fraction of sp³-hybridized carbons (Fsp3) is 0.417. The number of hydrogen-bond acceptors (Lipinski definition) is 2. The molecule has 1 amide bonds. The normalized spacial score (nSPS) is 14.4. The predicted octanol–water partition coefficient (Wildman–Crippen LogP) is 2.04. The summed E-state index contributed by atoms with van der Waals surface area (Å²) in [6.45, 7) is 0.440. The van der Waals surface area contributed by atoms with Crippen molar-refractivity contribution in [3.63, 3.8) is 0 Å². The molecule has 98 valence electrons. The maximum absolute atomic E-state index is 13.2. The zero-order chi connectivity index (χ0) is 13.1. The topological polar surface area (TPSA) is 41.1 Å². The molecule has 3 nitrogen and oxygen atoms in total. The molecule has 1 aliphatic rings. The molecule has 2 rings (SSSR count). The lowest BCUT2D eigenvalue weighted by molar-refractivity contribution is -0.119. The molecule has 6 heteroatoms. The van der Waals surface area contributed by atoms with Crippen molar-refractivity contribution >= 4 is 11.6 Å². The Labute approximate surface area is 102 Å². The molecule has 1 aromatic rings. The molecule has 18 heavy (non-hydrogen) atoms. The van der Waals surface area contributed by atoms with Crippen LogP contribution in [-0.4, -0.2) is 19.0 Å². The van der Waals surface area contributed by atoms with Crippen LogP contribution in [0.4, 0.5) is 18.9 Å². The number of benzene rings is 1. The summed E-state index contributed by atoms with van der Waals surface area (Å²) in [6.07, 6.45) is 2.23. The summed E-state index contributed by atoms with van der Waals surface area (Å²) in [6, 6.07) is 1.14. The lowest BCUT2D eigenvalue weighted by Crippen LogP contribution is -2.31. The zero-order valence-electron chi connectivity index (χ0n) is 9.60. The van der Waals surface area contributed by atoms with Crippen molar-refractivity contribution in [2.75, 3.05) is 18.4 Å². The number of rotatable bonds is 5.